The van der Waals surface area contributed by atoms with Gasteiger partial charge in [0.2, 0.25) is 0 Å². The quantitative estimate of drug-likeness (QED) is 0.495. The summed E-state index contributed by atoms with van der Waals surface area (Å²) < 4.78 is 5.86. The molecule has 0 N–H and O–H groups in total. The molecule has 2 aromatic carbocycles. The maximum absolute atomic E-state index is 12.6. The van der Waals surface area contributed by atoms with E-state index < -0.39 is 0 Å². The molecule has 0 bridgehead atoms. The van der Waals surface area contributed by atoms with E-state index in [9.17, 15) is 4.79 Å². The van der Waals surface area contributed by atoms with Crippen molar-refractivity contribution >= 4 is 28.4 Å². The molecule has 2 aliphatic heterocycles. The van der Waals surface area contributed by atoms with Crippen LogP contribution in [0.1, 0.15) is 29.5 Å². The highest BCUT2D eigenvalue weighted by Crippen LogP contribution is 2.39. The number of thioether (sulfide) groups is 1. The van der Waals surface area contributed by atoms with E-state index in [0.29, 0.717) is 5.75 Å². The number of anilines is 1. The second-order valence-electron chi connectivity index (χ2n) is 7.14. The van der Waals surface area contributed by atoms with Crippen molar-refractivity contribution in [2.24, 2.45) is 0 Å². The van der Waals surface area contributed by atoms with Crippen LogP contribution in [0.3, 0.4) is 0 Å². The van der Waals surface area contributed by atoms with Gasteiger partial charge in [-0.1, -0.05) is 18.2 Å². The molecule has 0 saturated heterocycles. The van der Waals surface area contributed by atoms with E-state index in [2.05, 4.69) is 29.2 Å². The molecule has 0 unspecified atom stereocenters. The minimum atomic E-state index is -0.190. The van der Waals surface area contributed by atoms with Gasteiger partial charge in [-0.15, -0.1) is 11.8 Å². The van der Waals surface area contributed by atoms with Gasteiger partial charge in [-0.3, -0.25) is 0 Å². The predicted molar refractivity (Wildman–Crippen MR) is 107 cm³/mol. The lowest BCUT2D eigenvalue weighted by Crippen LogP contribution is -2.34. The van der Waals surface area contributed by atoms with E-state index >= 15 is 0 Å². The van der Waals surface area contributed by atoms with Crippen molar-refractivity contribution < 1.29 is 4.42 Å². The van der Waals surface area contributed by atoms with Gasteiger partial charge in [0.25, 0.3) is 0 Å². The lowest BCUT2D eigenvalue weighted by atomic mass is 9.90. The fourth-order valence-corrected chi connectivity index (χ4v) is 5.14. The van der Waals surface area contributed by atoms with E-state index in [1.165, 1.54) is 28.1 Å². The zero-order valence-corrected chi connectivity index (χ0v) is 15.5. The summed E-state index contributed by atoms with van der Waals surface area (Å²) in [5.74, 6) is 0.640. The van der Waals surface area contributed by atoms with Crippen LogP contribution in [0.15, 0.2) is 56.6 Å². The highest BCUT2D eigenvalue weighted by molar-refractivity contribution is 7.98. The SMILES string of the molecule is O=c1oc2c3c4c(cc2cc1CSc1ccccc1)CCCN4CCC3. The van der Waals surface area contributed by atoms with Gasteiger partial charge in [0.15, 0.2) is 0 Å². The van der Waals surface area contributed by atoms with E-state index in [-0.39, 0.29) is 5.63 Å². The second-order valence-corrected chi connectivity index (χ2v) is 8.18. The summed E-state index contributed by atoms with van der Waals surface area (Å²) in [5.41, 5.74) is 5.40. The molecule has 0 saturated carbocycles. The molecule has 2 aliphatic rings. The zero-order chi connectivity index (χ0) is 17.5. The van der Waals surface area contributed by atoms with Crippen molar-refractivity contribution in [2.45, 2.75) is 36.3 Å². The topological polar surface area (TPSA) is 33.5 Å². The van der Waals surface area contributed by atoms with Crippen LogP contribution in [0.2, 0.25) is 0 Å². The van der Waals surface area contributed by atoms with Gasteiger partial charge in [0, 0.05) is 45.9 Å². The monoisotopic (exact) mass is 363 g/mol. The Morgan fingerprint density at radius 3 is 2.69 bits per heavy atom. The largest absolute Gasteiger partial charge is 0.422 e. The standard InChI is InChI=1S/C22H21NO2S/c24-22-17(14-26-18-7-2-1-3-8-18)13-16-12-15-6-4-10-23-11-5-9-19(20(15)23)21(16)25-22/h1-3,7-8,12-13H,4-6,9-11,14H2. The van der Waals surface area contributed by atoms with Gasteiger partial charge in [-0.2, -0.15) is 0 Å². The molecule has 0 atom stereocenters. The number of rotatable bonds is 3. The lowest BCUT2D eigenvalue weighted by molar-refractivity contribution is 0.544. The van der Waals surface area contributed by atoms with Crippen LogP contribution in [0.25, 0.3) is 11.0 Å². The average Bonchev–Trinajstić information content (AvgIpc) is 2.68. The van der Waals surface area contributed by atoms with Gasteiger partial charge in [-0.25, -0.2) is 4.79 Å². The van der Waals surface area contributed by atoms with Crippen LogP contribution in [0, 0.1) is 0 Å². The molecular weight excluding hydrogens is 342 g/mol. The summed E-state index contributed by atoms with van der Waals surface area (Å²) in [4.78, 5) is 16.2. The van der Waals surface area contributed by atoms with Gasteiger partial charge >= 0.3 is 5.63 Å². The van der Waals surface area contributed by atoms with Crippen LogP contribution in [0.5, 0.6) is 0 Å². The number of aryl methyl sites for hydroxylation is 2. The van der Waals surface area contributed by atoms with E-state index in [1.807, 2.05) is 18.2 Å². The molecule has 26 heavy (non-hydrogen) atoms. The van der Waals surface area contributed by atoms with E-state index in [1.54, 1.807) is 11.8 Å². The Morgan fingerprint density at radius 1 is 1.04 bits per heavy atom. The van der Waals surface area contributed by atoms with Crippen LogP contribution in [-0.4, -0.2) is 13.1 Å². The number of fused-ring (bicyclic) bond motifs is 2. The van der Waals surface area contributed by atoms with Crippen molar-refractivity contribution in [2.75, 3.05) is 18.0 Å². The Balaban J connectivity index is 1.57. The maximum atomic E-state index is 12.6. The van der Waals surface area contributed by atoms with Crippen LogP contribution >= 0.6 is 11.8 Å². The molecule has 3 aromatic rings. The van der Waals surface area contributed by atoms with Crippen molar-refractivity contribution in [3.63, 3.8) is 0 Å². The highest BCUT2D eigenvalue weighted by atomic mass is 32.2. The van der Waals surface area contributed by atoms with Crippen molar-refractivity contribution in [1.29, 1.82) is 0 Å². The molecular formula is C22H21NO2S. The van der Waals surface area contributed by atoms with Crippen molar-refractivity contribution in [3.8, 4) is 0 Å². The van der Waals surface area contributed by atoms with Gasteiger partial charge in [0.05, 0.1) is 0 Å². The first-order chi connectivity index (χ1) is 12.8. The molecule has 1 aromatic heterocycles. The van der Waals surface area contributed by atoms with E-state index in [4.69, 9.17) is 4.42 Å². The molecule has 0 aliphatic carbocycles. The predicted octanol–water partition coefficient (Wildman–Crippen LogP) is 4.78. The minimum absolute atomic E-state index is 0.190. The summed E-state index contributed by atoms with van der Waals surface area (Å²) in [5, 5.41) is 1.09. The lowest BCUT2D eigenvalue weighted by Gasteiger charge is -2.37. The Labute approximate surface area is 157 Å². The maximum Gasteiger partial charge on any atom is 0.340 e. The number of nitrogens with zero attached hydrogens (tertiary/aromatic N) is 1. The molecule has 3 nitrogen and oxygen atoms in total. The second kappa shape index (κ2) is 6.51. The fourth-order valence-electron chi connectivity index (χ4n) is 4.27. The Hall–Kier alpha value is -2.20. The molecule has 5 rings (SSSR count). The highest BCUT2D eigenvalue weighted by Gasteiger charge is 2.27. The Morgan fingerprint density at radius 2 is 1.85 bits per heavy atom. The smallest absolute Gasteiger partial charge is 0.340 e. The molecule has 4 heteroatoms. The summed E-state index contributed by atoms with van der Waals surface area (Å²) in [6.45, 7) is 2.25. The number of hydrogen-bond acceptors (Lipinski definition) is 4. The van der Waals surface area contributed by atoms with Gasteiger partial charge in [-0.05, 0) is 55.5 Å². The van der Waals surface area contributed by atoms with Crippen molar-refractivity contribution in [1.82, 2.24) is 0 Å². The molecule has 0 amide bonds. The number of benzene rings is 2. The molecule has 3 heterocycles. The minimum Gasteiger partial charge on any atom is -0.422 e. The number of hydrogen-bond donors (Lipinski definition) is 0. The van der Waals surface area contributed by atoms with Crippen LogP contribution in [0.4, 0.5) is 5.69 Å². The third-order valence-electron chi connectivity index (χ3n) is 5.43. The first-order valence-corrected chi connectivity index (χ1v) is 10.3. The average molecular weight is 363 g/mol. The summed E-state index contributed by atoms with van der Waals surface area (Å²) in [7, 11) is 0. The van der Waals surface area contributed by atoms with E-state index in [0.717, 1.165) is 48.9 Å². The third kappa shape index (κ3) is 2.73. The van der Waals surface area contributed by atoms with Crippen molar-refractivity contribution in [3.05, 3.63) is 69.6 Å². The molecule has 0 spiro atoms. The Bertz CT molecular complexity index is 1020. The van der Waals surface area contributed by atoms with Crippen LogP contribution < -0.4 is 10.5 Å². The molecule has 132 valence electrons. The Kier molecular flexibility index (Phi) is 4.01. The summed E-state index contributed by atoms with van der Waals surface area (Å²) in [6.07, 6.45) is 4.49. The third-order valence-corrected chi connectivity index (χ3v) is 6.49. The van der Waals surface area contributed by atoms with Gasteiger partial charge in [0.1, 0.15) is 5.58 Å². The fraction of sp³-hybridized carbons (Fsp3) is 0.318. The zero-order valence-electron chi connectivity index (χ0n) is 14.7. The summed E-state index contributed by atoms with van der Waals surface area (Å²) in [6, 6.07) is 14.5. The molecule has 0 fully saturated rings. The normalized spacial score (nSPS) is 15.9. The summed E-state index contributed by atoms with van der Waals surface area (Å²) >= 11 is 1.68. The molecule has 0 radical (unpaired) electrons. The first-order valence-electron chi connectivity index (χ1n) is 9.34. The van der Waals surface area contributed by atoms with Crippen LogP contribution in [-0.2, 0) is 18.6 Å². The van der Waals surface area contributed by atoms with Gasteiger partial charge < -0.3 is 9.32 Å². The first kappa shape index (κ1) is 16.0.